The Hall–Kier alpha value is -1.55. The highest BCUT2D eigenvalue weighted by atomic mass is 16.5. The van der Waals surface area contributed by atoms with Crippen LogP contribution in [0.1, 0.15) is 37.6 Å². The number of ether oxygens (including phenoxy) is 2. The monoisotopic (exact) mass is 265 g/mol. The molecule has 0 saturated heterocycles. The first-order valence-corrected chi connectivity index (χ1v) is 6.86. The third kappa shape index (κ3) is 4.91. The molecule has 4 heteroatoms. The van der Waals surface area contributed by atoms with Gasteiger partial charge in [-0.15, -0.1) is 0 Å². The van der Waals surface area contributed by atoms with Crippen molar-refractivity contribution in [2.24, 2.45) is 0 Å². The highest BCUT2D eigenvalue weighted by Gasteiger charge is 2.11. The molecule has 0 bridgehead atoms. The van der Waals surface area contributed by atoms with Gasteiger partial charge >= 0.3 is 0 Å². The summed E-state index contributed by atoms with van der Waals surface area (Å²) >= 11 is 0. The van der Waals surface area contributed by atoms with Gasteiger partial charge in [-0.25, -0.2) is 0 Å². The molecule has 0 aromatic heterocycles. The van der Waals surface area contributed by atoms with Gasteiger partial charge in [-0.05, 0) is 38.6 Å². The van der Waals surface area contributed by atoms with E-state index in [0.717, 1.165) is 6.54 Å². The Morgan fingerprint density at radius 2 is 1.79 bits per heavy atom. The van der Waals surface area contributed by atoms with Crippen LogP contribution in [0.4, 0.5) is 0 Å². The molecule has 0 aliphatic rings. The summed E-state index contributed by atoms with van der Waals surface area (Å²) in [5, 5.41) is 3.14. The van der Waals surface area contributed by atoms with Crippen LogP contribution in [0, 0.1) is 0 Å². The summed E-state index contributed by atoms with van der Waals surface area (Å²) < 4.78 is 11.0. The molecule has 0 aliphatic carbocycles. The Balaban J connectivity index is 2.78. The molecule has 106 valence electrons. The van der Waals surface area contributed by atoms with Crippen LogP contribution in [0.5, 0.6) is 11.5 Å². The Morgan fingerprint density at radius 3 is 2.42 bits per heavy atom. The smallest absolute Gasteiger partial charge is 0.164 e. The van der Waals surface area contributed by atoms with Crippen LogP contribution in [0.3, 0.4) is 0 Å². The van der Waals surface area contributed by atoms with Crippen molar-refractivity contribution in [1.82, 2.24) is 5.32 Å². The van der Waals surface area contributed by atoms with E-state index in [9.17, 15) is 4.79 Å². The molecule has 4 nitrogen and oxygen atoms in total. The molecule has 0 aliphatic heterocycles. The van der Waals surface area contributed by atoms with Gasteiger partial charge in [-0.2, -0.15) is 0 Å². The molecule has 0 spiro atoms. The van der Waals surface area contributed by atoms with Gasteiger partial charge in [-0.1, -0.05) is 6.92 Å². The summed E-state index contributed by atoms with van der Waals surface area (Å²) in [6.45, 7) is 8.56. The van der Waals surface area contributed by atoms with E-state index in [4.69, 9.17) is 9.47 Å². The first kappa shape index (κ1) is 15.5. The lowest BCUT2D eigenvalue weighted by molar-refractivity contribution is 0.0982. The zero-order valence-corrected chi connectivity index (χ0v) is 12.0. The quantitative estimate of drug-likeness (QED) is 0.551. The summed E-state index contributed by atoms with van der Waals surface area (Å²) in [4.78, 5) is 12.0. The number of benzene rings is 1. The Labute approximate surface area is 115 Å². The molecule has 1 aromatic rings. The minimum atomic E-state index is 0.116. The fourth-order valence-corrected chi connectivity index (χ4v) is 1.75. The summed E-state index contributed by atoms with van der Waals surface area (Å²) in [6.07, 6.45) is 0.493. The number of hydrogen-bond acceptors (Lipinski definition) is 4. The van der Waals surface area contributed by atoms with E-state index in [1.165, 1.54) is 0 Å². The van der Waals surface area contributed by atoms with Gasteiger partial charge in [0.15, 0.2) is 17.3 Å². The molecule has 1 aromatic carbocycles. The van der Waals surface area contributed by atoms with Crippen LogP contribution in [0.15, 0.2) is 18.2 Å². The van der Waals surface area contributed by atoms with Crippen LogP contribution < -0.4 is 14.8 Å². The first-order valence-electron chi connectivity index (χ1n) is 6.86. The molecule has 0 heterocycles. The van der Waals surface area contributed by atoms with Gasteiger partial charge in [0, 0.05) is 18.5 Å². The number of ketones is 1. The van der Waals surface area contributed by atoms with E-state index in [-0.39, 0.29) is 5.78 Å². The summed E-state index contributed by atoms with van der Waals surface area (Å²) in [5.41, 5.74) is 0.671. The number of Topliss-reactive ketones (excluding diaryl/α,β-unsaturated/α-hetero) is 1. The Kier molecular flexibility index (Phi) is 6.97. The largest absolute Gasteiger partial charge is 0.490 e. The van der Waals surface area contributed by atoms with Crippen molar-refractivity contribution < 1.29 is 14.3 Å². The van der Waals surface area contributed by atoms with E-state index in [1.54, 1.807) is 18.2 Å². The van der Waals surface area contributed by atoms with Crippen LogP contribution in [-0.4, -0.2) is 32.1 Å². The van der Waals surface area contributed by atoms with Gasteiger partial charge in [0.25, 0.3) is 0 Å². The van der Waals surface area contributed by atoms with Gasteiger partial charge in [0.2, 0.25) is 0 Å². The number of hydrogen-bond donors (Lipinski definition) is 1. The standard InChI is InChI=1S/C15H23NO3/c1-4-16-10-9-13(17)12-7-8-14(18-5-2)15(11-12)19-6-3/h7-8,11,16H,4-6,9-10H2,1-3H3. The first-order chi connectivity index (χ1) is 9.22. The Bertz CT molecular complexity index is 404. The molecule has 0 radical (unpaired) electrons. The molecule has 1 N–H and O–H groups in total. The van der Waals surface area contributed by atoms with Crippen molar-refractivity contribution >= 4 is 5.78 Å². The lowest BCUT2D eigenvalue weighted by atomic mass is 10.1. The minimum Gasteiger partial charge on any atom is -0.490 e. The molecule has 0 unspecified atom stereocenters. The average molecular weight is 265 g/mol. The average Bonchev–Trinajstić information content (AvgIpc) is 2.41. The topological polar surface area (TPSA) is 47.6 Å². The lowest BCUT2D eigenvalue weighted by Gasteiger charge is -2.12. The molecule has 0 saturated carbocycles. The maximum atomic E-state index is 12.0. The van der Waals surface area contributed by atoms with Gasteiger partial charge in [0.1, 0.15) is 0 Å². The predicted molar refractivity (Wildman–Crippen MR) is 76.3 cm³/mol. The van der Waals surface area contributed by atoms with Crippen LogP contribution in [-0.2, 0) is 0 Å². The third-order valence-corrected chi connectivity index (χ3v) is 2.64. The zero-order chi connectivity index (χ0) is 14.1. The fraction of sp³-hybridized carbons (Fsp3) is 0.533. The molecular weight excluding hydrogens is 242 g/mol. The summed E-state index contributed by atoms with van der Waals surface area (Å²) in [5.74, 6) is 1.44. The van der Waals surface area contributed by atoms with E-state index >= 15 is 0 Å². The number of carbonyl (C=O) groups is 1. The molecule has 0 atom stereocenters. The molecule has 0 fully saturated rings. The van der Waals surface area contributed by atoms with E-state index in [2.05, 4.69) is 5.32 Å². The van der Waals surface area contributed by atoms with Crippen molar-refractivity contribution in [1.29, 1.82) is 0 Å². The fourth-order valence-electron chi connectivity index (χ4n) is 1.75. The second-order valence-corrected chi connectivity index (χ2v) is 4.05. The summed E-state index contributed by atoms with van der Waals surface area (Å²) in [6, 6.07) is 5.36. The van der Waals surface area contributed by atoms with E-state index < -0.39 is 0 Å². The van der Waals surface area contributed by atoms with Crippen LogP contribution in [0.25, 0.3) is 0 Å². The van der Waals surface area contributed by atoms with E-state index in [1.807, 2.05) is 20.8 Å². The SMILES string of the molecule is CCNCCC(=O)c1ccc(OCC)c(OCC)c1. The summed E-state index contributed by atoms with van der Waals surface area (Å²) in [7, 11) is 0. The molecule has 0 amide bonds. The highest BCUT2D eigenvalue weighted by molar-refractivity contribution is 5.96. The van der Waals surface area contributed by atoms with Gasteiger partial charge in [-0.3, -0.25) is 4.79 Å². The molecule has 19 heavy (non-hydrogen) atoms. The number of rotatable bonds is 9. The second-order valence-electron chi connectivity index (χ2n) is 4.05. The van der Waals surface area contributed by atoms with Crippen molar-refractivity contribution in [3.8, 4) is 11.5 Å². The van der Waals surface area contributed by atoms with Crippen LogP contribution in [0.2, 0.25) is 0 Å². The third-order valence-electron chi connectivity index (χ3n) is 2.64. The molecule has 1 rings (SSSR count). The van der Waals surface area contributed by atoms with Gasteiger partial charge in [0.05, 0.1) is 13.2 Å². The van der Waals surface area contributed by atoms with Crippen LogP contribution >= 0.6 is 0 Å². The molecular formula is C15H23NO3. The van der Waals surface area contributed by atoms with Crippen molar-refractivity contribution in [3.63, 3.8) is 0 Å². The Morgan fingerprint density at radius 1 is 1.11 bits per heavy atom. The lowest BCUT2D eigenvalue weighted by Crippen LogP contribution is -2.17. The maximum Gasteiger partial charge on any atom is 0.164 e. The second kappa shape index (κ2) is 8.53. The maximum absolute atomic E-state index is 12.0. The van der Waals surface area contributed by atoms with E-state index in [0.29, 0.717) is 43.2 Å². The van der Waals surface area contributed by atoms with Gasteiger partial charge < -0.3 is 14.8 Å². The number of carbonyl (C=O) groups excluding carboxylic acids is 1. The zero-order valence-electron chi connectivity index (χ0n) is 12.0. The number of nitrogens with one attached hydrogen (secondary N) is 1. The minimum absolute atomic E-state index is 0.116. The van der Waals surface area contributed by atoms with Crippen molar-refractivity contribution in [2.75, 3.05) is 26.3 Å². The van der Waals surface area contributed by atoms with Crippen molar-refractivity contribution in [2.45, 2.75) is 27.2 Å². The normalized spacial score (nSPS) is 10.3. The van der Waals surface area contributed by atoms with Crippen molar-refractivity contribution in [3.05, 3.63) is 23.8 Å². The highest BCUT2D eigenvalue weighted by Crippen LogP contribution is 2.28. The predicted octanol–water partition coefficient (Wildman–Crippen LogP) is 2.67.